The zero-order chi connectivity index (χ0) is 10.4. The van der Waals surface area contributed by atoms with Crippen molar-refractivity contribution < 1.29 is 14.4 Å². The summed E-state index contributed by atoms with van der Waals surface area (Å²) in [6, 6.07) is 9.35. The van der Waals surface area contributed by atoms with Gasteiger partial charge in [-0.2, -0.15) is 0 Å². The van der Waals surface area contributed by atoms with Crippen molar-refractivity contribution in [3.05, 3.63) is 30.3 Å². The quantitative estimate of drug-likeness (QED) is 0.535. The molecule has 0 N–H and O–H groups in total. The van der Waals surface area contributed by atoms with Crippen LogP contribution < -0.4 is 5.06 Å². The second-order valence-corrected chi connectivity index (χ2v) is 2.63. The van der Waals surface area contributed by atoms with Crippen molar-refractivity contribution in [2.45, 2.75) is 0 Å². The van der Waals surface area contributed by atoms with Gasteiger partial charge in [-0.05, 0) is 12.1 Å². The predicted octanol–water partition coefficient (Wildman–Crippen LogP) is 1.23. The van der Waals surface area contributed by atoms with Crippen molar-refractivity contribution in [2.75, 3.05) is 25.8 Å². The monoisotopic (exact) mass is 195 g/mol. The minimum atomic E-state index is -0.337. The van der Waals surface area contributed by atoms with Gasteiger partial charge >= 0.3 is 5.97 Å². The number of carbonyl (C=O) groups is 1. The molecular weight excluding hydrogens is 182 g/mol. The van der Waals surface area contributed by atoms with Crippen molar-refractivity contribution in [1.29, 1.82) is 0 Å². The molecule has 0 aliphatic carbocycles. The summed E-state index contributed by atoms with van der Waals surface area (Å²) in [6.07, 6.45) is 0. The van der Waals surface area contributed by atoms with Crippen molar-refractivity contribution in [3.8, 4) is 0 Å². The third-order valence-corrected chi connectivity index (χ3v) is 1.76. The maximum absolute atomic E-state index is 11.0. The highest BCUT2D eigenvalue weighted by atomic mass is 16.7. The summed E-state index contributed by atoms with van der Waals surface area (Å²) in [5.41, 5.74) is 0.820. The molecule has 0 unspecified atom stereocenters. The fourth-order valence-corrected chi connectivity index (χ4v) is 1.04. The molecule has 0 saturated carbocycles. The second kappa shape index (κ2) is 5.24. The highest BCUT2D eigenvalue weighted by Crippen LogP contribution is 2.12. The normalized spacial score (nSPS) is 9.57. The van der Waals surface area contributed by atoms with Crippen LogP contribution in [0, 0.1) is 0 Å². The topological polar surface area (TPSA) is 38.8 Å². The first-order chi connectivity index (χ1) is 6.77. The first-order valence-electron chi connectivity index (χ1n) is 4.21. The number of esters is 1. The minimum absolute atomic E-state index is 0.0804. The fourth-order valence-electron chi connectivity index (χ4n) is 1.04. The van der Waals surface area contributed by atoms with Crippen molar-refractivity contribution in [2.24, 2.45) is 0 Å². The van der Waals surface area contributed by atoms with E-state index in [1.54, 1.807) is 0 Å². The molecule has 4 nitrogen and oxygen atoms in total. The number of ether oxygens (including phenoxy) is 1. The zero-order valence-corrected chi connectivity index (χ0v) is 8.27. The standard InChI is InChI=1S/C10H13NO3/c1-13-10(12)8-11(14-2)9-6-4-3-5-7-9/h3-7H,8H2,1-2H3. The molecule has 0 amide bonds. The molecule has 0 bridgehead atoms. The molecule has 1 rings (SSSR count). The Balaban J connectivity index is 2.68. The Morgan fingerprint density at radius 2 is 1.93 bits per heavy atom. The van der Waals surface area contributed by atoms with Crippen LogP contribution >= 0.6 is 0 Å². The lowest BCUT2D eigenvalue weighted by atomic mass is 10.3. The number of methoxy groups -OCH3 is 1. The summed E-state index contributed by atoms with van der Waals surface area (Å²) in [7, 11) is 2.86. The summed E-state index contributed by atoms with van der Waals surface area (Å²) >= 11 is 0. The maximum atomic E-state index is 11.0. The average molecular weight is 195 g/mol. The van der Waals surface area contributed by atoms with Crippen molar-refractivity contribution >= 4 is 11.7 Å². The van der Waals surface area contributed by atoms with Crippen LogP contribution in [0.2, 0.25) is 0 Å². The highest BCUT2D eigenvalue weighted by Gasteiger charge is 2.10. The Bertz CT molecular complexity index is 287. The fraction of sp³-hybridized carbons (Fsp3) is 0.300. The lowest BCUT2D eigenvalue weighted by Gasteiger charge is -2.19. The number of hydroxylamine groups is 1. The van der Waals surface area contributed by atoms with Crippen LogP contribution in [-0.4, -0.2) is 26.7 Å². The number of rotatable bonds is 4. The van der Waals surface area contributed by atoms with E-state index in [-0.39, 0.29) is 12.5 Å². The Labute approximate surface area is 83.0 Å². The molecule has 0 heterocycles. The van der Waals surface area contributed by atoms with Crippen molar-refractivity contribution in [1.82, 2.24) is 0 Å². The Kier molecular flexibility index (Phi) is 3.94. The van der Waals surface area contributed by atoms with Gasteiger partial charge in [0.05, 0.1) is 19.9 Å². The van der Waals surface area contributed by atoms with E-state index in [1.165, 1.54) is 19.3 Å². The summed E-state index contributed by atoms with van der Waals surface area (Å²) in [6.45, 7) is 0.0804. The van der Waals surface area contributed by atoms with Crippen LogP contribution in [-0.2, 0) is 14.4 Å². The van der Waals surface area contributed by atoms with Gasteiger partial charge in [-0.25, -0.2) is 5.06 Å². The predicted molar refractivity (Wildman–Crippen MR) is 52.8 cm³/mol. The molecule has 1 aromatic carbocycles. The van der Waals surface area contributed by atoms with Gasteiger partial charge in [0.25, 0.3) is 0 Å². The maximum Gasteiger partial charge on any atom is 0.327 e. The molecule has 1 aromatic rings. The SMILES string of the molecule is COC(=O)CN(OC)c1ccccc1. The molecule has 0 radical (unpaired) electrons. The van der Waals surface area contributed by atoms with Gasteiger partial charge in [-0.1, -0.05) is 18.2 Å². The molecule has 0 fully saturated rings. The molecule has 0 aliphatic heterocycles. The molecule has 0 atom stereocenters. The third kappa shape index (κ3) is 2.74. The summed E-state index contributed by atoms with van der Waals surface area (Å²) in [5, 5.41) is 1.46. The van der Waals surface area contributed by atoms with E-state index < -0.39 is 0 Å². The number of nitrogens with zero attached hydrogens (tertiary/aromatic N) is 1. The van der Waals surface area contributed by atoms with Crippen LogP contribution in [0.5, 0.6) is 0 Å². The van der Waals surface area contributed by atoms with E-state index in [0.717, 1.165) is 5.69 Å². The number of carbonyl (C=O) groups excluding carboxylic acids is 1. The molecule has 4 heteroatoms. The van der Waals surface area contributed by atoms with E-state index in [0.29, 0.717) is 0 Å². The number of para-hydroxylation sites is 1. The number of hydrogen-bond donors (Lipinski definition) is 0. The van der Waals surface area contributed by atoms with Crippen LogP contribution in [0.1, 0.15) is 0 Å². The van der Waals surface area contributed by atoms with Gasteiger partial charge in [0.1, 0.15) is 6.54 Å². The smallest absolute Gasteiger partial charge is 0.327 e. The molecule has 0 spiro atoms. The minimum Gasteiger partial charge on any atom is -0.468 e. The first-order valence-corrected chi connectivity index (χ1v) is 4.21. The Hall–Kier alpha value is -1.55. The van der Waals surface area contributed by atoms with E-state index in [1.807, 2.05) is 30.3 Å². The van der Waals surface area contributed by atoms with E-state index in [2.05, 4.69) is 4.74 Å². The van der Waals surface area contributed by atoms with Gasteiger partial charge in [-0.15, -0.1) is 0 Å². The van der Waals surface area contributed by atoms with Gasteiger partial charge in [0.15, 0.2) is 0 Å². The van der Waals surface area contributed by atoms with Crippen LogP contribution in [0.15, 0.2) is 30.3 Å². The molecule has 14 heavy (non-hydrogen) atoms. The lowest BCUT2D eigenvalue weighted by Crippen LogP contribution is -2.29. The summed E-state index contributed by atoms with van der Waals surface area (Å²) < 4.78 is 4.54. The Morgan fingerprint density at radius 3 is 2.43 bits per heavy atom. The summed E-state index contributed by atoms with van der Waals surface area (Å²) in [5.74, 6) is -0.337. The number of benzene rings is 1. The molecule has 0 aromatic heterocycles. The molecule has 0 saturated heterocycles. The van der Waals surface area contributed by atoms with Crippen LogP contribution in [0.4, 0.5) is 5.69 Å². The second-order valence-electron chi connectivity index (χ2n) is 2.63. The zero-order valence-electron chi connectivity index (χ0n) is 8.27. The Morgan fingerprint density at radius 1 is 1.29 bits per heavy atom. The number of hydrogen-bond acceptors (Lipinski definition) is 4. The van der Waals surface area contributed by atoms with Crippen LogP contribution in [0.25, 0.3) is 0 Å². The lowest BCUT2D eigenvalue weighted by molar-refractivity contribution is -0.140. The molecule has 76 valence electrons. The van der Waals surface area contributed by atoms with Gasteiger partial charge in [-0.3, -0.25) is 9.63 Å². The van der Waals surface area contributed by atoms with Gasteiger partial charge in [0, 0.05) is 0 Å². The average Bonchev–Trinajstić information content (AvgIpc) is 2.26. The van der Waals surface area contributed by atoms with Gasteiger partial charge < -0.3 is 4.74 Å². The largest absolute Gasteiger partial charge is 0.468 e. The highest BCUT2D eigenvalue weighted by molar-refractivity contribution is 5.74. The van der Waals surface area contributed by atoms with E-state index in [9.17, 15) is 4.79 Å². The van der Waals surface area contributed by atoms with Crippen LogP contribution in [0.3, 0.4) is 0 Å². The van der Waals surface area contributed by atoms with E-state index >= 15 is 0 Å². The van der Waals surface area contributed by atoms with E-state index in [4.69, 9.17) is 4.84 Å². The van der Waals surface area contributed by atoms with Crippen molar-refractivity contribution in [3.63, 3.8) is 0 Å². The summed E-state index contributed by atoms with van der Waals surface area (Å²) in [4.78, 5) is 16.1. The molecular formula is C10H13NO3. The van der Waals surface area contributed by atoms with Gasteiger partial charge in [0.2, 0.25) is 0 Å². The first kappa shape index (κ1) is 10.5. The number of anilines is 1. The molecule has 0 aliphatic rings. The third-order valence-electron chi connectivity index (χ3n) is 1.76.